The maximum atomic E-state index is 11.6. The Morgan fingerprint density at radius 3 is 2.94 bits per heavy atom. The fraction of sp³-hybridized carbons (Fsp3) is 0.385. The number of nitriles is 1. The molecule has 0 heterocycles. The van der Waals surface area contributed by atoms with E-state index < -0.39 is 6.10 Å². The molecule has 0 aromatic heterocycles. The van der Waals surface area contributed by atoms with Gasteiger partial charge in [-0.25, -0.2) is 0 Å². The number of amides is 1. The molecule has 1 rings (SSSR count). The molecule has 0 aliphatic carbocycles. The molecule has 0 spiro atoms. The van der Waals surface area contributed by atoms with E-state index >= 15 is 0 Å². The predicted molar refractivity (Wildman–Crippen MR) is 64.5 cm³/mol. The van der Waals surface area contributed by atoms with E-state index in [4.69, 9.17) is 10.00 Å². The average Bonchev–Trinajstić information content (AvgIpc) is 2.33. The monoisotopic (exact) mass is 232 g/mol. The zero-order chi connectivity index (χ0) is 12.7. The molecule has 0 bridgehead atoms. The minimum Gasteiger partial charge on any atom is -0.481 e. The van der Waals surface area contributed by atoms with E-state index in [0.29, 0.717) is 12.2 Å². The van der Waals surface area contributed by atoms with Crippen molar-refractivity contribution in [1.29, 1.82) is 5.26 Å². The molecule has 1 atom stereocenters. The van der Waals surface area contributed by atoms with Gasteiger partial charge in [-0.15, -0.1) is 0 Å². The van der Waals surface area contributed by atoms with Crippen molar-refractivity contribution in [2.45, 2.75) is 26.4 Å². The molecule has 4 nitrogen and oxygen atoms in total. The quantitative estimate of drug-likeness (QED) is 0.787. The van der Waals surface area contributed by atoms with Crippen molar-refractivity contribution >= 4 is 5.91 Å². The Morgan fingerprint density at radius 2 is 2.35 bits per heavy atom. The molecule has 0 unspecified atom stereocenters. The van der Waals surface area contributed by atoms with Crippen LogP contribution in [0.5, 0.6) is 5.75 Å². The lowest BCUT2D eigenvalue weighted by atomic mass is 10.2. The molecule has 4 heteroatoms. The highest BCUT2D eigenvalue weighted by atomic mass is 16.5. The predicted octanol–water partition coefficient (Wildman–Crippen LogP) is 1.79. The second-order valence-electron chi connectivity index (χ2n) is 3.71. The Labute approximate surface area is 101 Å². The van der Waals surface area contributed by atoms with Crippen LogP contribution >= 0.6 is 0 Å². The lowest BCUT2D eigenvalue weighted by molar-refractivity contribution is -0.127. The SMILES string of the molecule is CC[C@@H](Oc1cccc(C)c1)C(=O)NCC#N. The van der Waals surface area contributed by atoms with Crippen LogP contribution in [-0.4, -0.2) is 18.6 Å². The average molecular weight is 232 g/mol. The third kappa shape index (κ3) is 4.15. The number of aryl methyl sites for hydroxylation is 1. The zero-order valence-electron chi connectivity index (χ0n) is 10.1. The number of carbonyl (C=O) groups excluding carboxylic acids is 1. The summed E-state index contributed by atoms with van der Waals surface area (Å²) < 4.78 is 5.58. The summed E-state index contributed by atoms with van der Waals surface area (Å²) in [4.78, 5) is 11.6. The summed E-state index contributed by atoms with van der Waals surface area (Å²) in [5.41, 5.74) is 1.08. The Kier molecular flexibility index (Phi) is 5.02. The highest BCUT2D eigenvalue weighted by Gasteiger charge is 2.17. The Bertz CT molecular complexity index is 424. The van der Waals surface area contributed by atoms with Crippen LogP contribution in [0.2, 0.25) is 0 Å². The number of nitrogens with one attached hydrogen (secondary N) is 1. The third-order valence-electron chi connectivity index (χ3n) is 2.27. The van der Waals surface area contributed by atoms with Crippen LogP contribution in [0.3, 0.4) is 0 Å². The summed E-state index contributed by atoms with van der Waals surface area (Å²) in [5, 5.41) is 10.9. The van der Waals surface area contributed by atoms with Gasteiger partial charge < -0.3 is 10.1 Å². The highest BCUT2D eigenvalue weighted by molar-refractivity contribution is 5.81. The van der Waals surface area contributed by atoms with E-state index in [0.717, 1.165) is 5.56 Å². The lowest BCUT2D eigenvalue weighted by Gasteiger charge is -2.16. The molecule has 90 valence electrons. The van der Waals surface area contributed by atoms with Crippen LogP contribution in [0.25, 0.3) is 0 Å². The van der Waals surface area contributed by atoms with Crippen molar-refractivity contribution in [1.82, 2.24) is 5.32 Å². The first-order chi connectivity index (χ1) is 8.17. The van der Waals surface area contributed by atoms with E-state index in [1.54, 1.807) is 0 Å². The zero-order valence-corrected chi connectivity index (χ0v) is 10.1. The Morgan fingerprint density at radius 1 is 1.59 bits per heavy atom. The van der Waals surface area contributed by atoms with Crippen molar-refractivity contribution in [3.8, 4) is 11.8 Å². The van der Waals surface area contributed by atoms with Gasteiger partial charge in [-0.05, 0) is 31.0 Å². The van der Waals surface area contributed by atoms with E-state index in [-0.39, 0.29) is 12.5 Å². The fourth-order valence-corrected chi connectivity index (χ4v) is 1.42. The lowest BCUT2D eigenvalue weighted by Crippen LogP contribution is -2.38. The van der Waals surface area contributed by atoms with Crippen LogP contribution in [0, 0.1) is 18.3 Å². The second kappa shape index (κ2) is 6.54. The van der Waals surface area contributed by atoms with Crippen molar-refractivity contribution in [2.24, 2.45) is 0 Å². The number of rotatable bonds is 5. The fourth-order valence-electron chi connectivity index (χ4n) is 1.42. The number of carbonyl (C=O) groups is 1. The Hall–Kier alpha value is -2.02. The van der Waals surface area contributed by atoms with Gasteiger partial charge in [0.05, 0.1) is 6.07 Å². The van der Waals surface area contributed by atoms with Crippen molar-refractivity contribution in [3.05, 3.63) is 29.8 Å². The van der Waals surface area contributed by atoms with Crippen LogP contribution in [-0.2, 0) is 4.79 Å². The first kappa shape index (κ1) is 13.0. The number of nitrogens with zero attached hydrogens (tertiary/aromatic N) is 1. The van der Waals surface area contributed by atoms with Crippen LogP contribution in [0.15, 0.2) is 24.3 Å². The molecule has 0 saturated carbocycles. The van der Waals surface area contributed by atoms with Crippen molar-refractivity contribution < 1.29 is 9.53 Å². The maximum Gasteiger partial charge on any atom is 0.261 e. The minimum atomic E-state index is -0.551. The van der Waals surface area contributed by atoms with E-state index in [2.05, 4.69) is 5.32 Å². The van der Waals surface area contributed by atoms with Gasteiger partial charge in [0.1, 0.15) is 12.3 Å². The molecule has 0 fully saturated rings. The van der Waals surface area contributed by atoms with Crippen LogP contribution < -0.4 is 10.1 Å². The van der Waals surface area contributed by atoms with Gasteiger partial charge in [0.25, 0.3) is 5.91 Å². The molecule has 0 aliphatic rings. The number of ether oxygens (including phenoxy) is 1. The molecule has 1 aromatic rings. The van der Waals surface area contributed by atoms with E-state index in [1.165, 1.54) is 0 Å². The van der Waals surface area contributed by atoms with Crippen LogP contribution in [0.1, 0.15) is 18.9 Å². The van der Waals surface area contributed by atoms with Gasteiger partial charge in [-0.2, -0.15) is 5.26 Å². The van der Waals surface area contributed by atoms with Crippen LogP contribution in [0.4, 0.5) is 0 Å². The number of benzene rings is 1. The standard InChI is InChI=1S/C13H16N2O2/c1-3-12(13(16)15-8-7-14)17-11-6-4-5-10(2)9-11/h4-6,9,12H,3,8H2,1-2H3,(H,15,16)/t12-/m1/s1. The normalized spacial score (nSPS) is 11.4. The van der Waals surface area contributed by atoms with Gasteiger partial charge in [-0.1, -0.05) is 19.1 Å². The van der Waals surface area contributed by atoms with Gasteiger partial charge >= 0.3 is 0 Å². The molecule has 1 amide bonds. The molecular weight excluding hydrogens is 216 g/mol. The summed E-state index contributed by atoms with van der Waals surface area (Å²) in [6, 6.07) is 9.39. The molecule has 1 aromatic carbocycles. The first-order valence-electron chi connectivity index (χ1n) is 5.55. The molecular formula is C13H16N2O2. The molecule has 0 radical (unpaired) electrons. The highest BCUT2D eigenvalue weighted by Crippen LogP contribution is 2.15. The molecule has 0 aliphatic heterocycles. The molecule has 1 N–H and O–H groups in total. The van der Waals surface area contributed by atoms with Gasteiger partial charge in [-0.3, -0.25) is 4.79 Å². The Balaban J connectivity index is 2.64. The van der Waals surface area contributed by atoms with Crippen molar-refractivity contribution in [3.63, 3.8) is 0 Å². The topological polar surface area (TPSA) is 62.1 Å². The van der Waals surface area contributed by atoms with Crippen molar-refractivity contribution in [2.75, 3.05) is 6.54 Å². The molecule has 0 saturated heterocycles. The minimum absolute atomic E-state index is 0.00646. The summed E-state index contributed by atoms with van der Waals surface area (Å²) in [7, 11) is 0. The summed E-state index contributed by atoms with van der Waals surface area (Å²) >= 11 is 0. The second-order valence-corrected chi connectivity index (χ2v) is 3.71. The van der Waals surface area contributed by atoms with Gasteiger partial charge in [0, 0.05) is 0 Å². The van der Waals surface area contributed by atoms with Gasteiger partial charge in [0.15, 0.2) is 6.10 Å². The van der Waals surface area contributed by atoms with E-state index in [9.17, 15) is 4.79 Å². The summed E-state index contributed by atoms with van der Waals surface area (Å²) in [6.45, 7) is 3.84. The number of hydrogen-bond acceptors (Lipinski definition) is 3. The summed E-state index contributed by atoms with van der Waals surface area (Å²) in [5.74, 6) is 0.416. The maximum absolute atomic E-state index is 11.6. The molecule has 17 heavy (non-hydrogen) atoms. The third-order valence-corrected chi connectivity index (χ3v) is 2.27. The number of hydrogen-bond donors (Lipinski definition) is 1. The van der Waals surface area contributed by atoms with E-state index in [1.807, 2.05) is 44.2 Å². The first-order valence-corrected chi connectivity index (χ1v) is 5.55. The summed E-state index contributed by atoms with van der Waals surface area (Å²) in [6.07, 6.45) is 0.00993. The smallest absolute Gasteiger partial charge is 0.261 e. The largest absolute Gasteiger partial charge is 0.481 e. The van der Waals surface area contributed by atoms with Gasteiger partial charge in [0.2, 0.25) is 0 Å².